The zero-order chi connectivity index (χ0) is 5.33. The highest BCUT2D eigenvalue weighted by Crippen LogP contribution is 2.44. The predicted molar refractivity (Wildman–Crippen MR) is 35.3 cm³/mol. The third-order valence-electron chi connectivity index (χ3n) is 0.888. The first-order valence-electron chi connectivity index (χ1n) is 2.24. The normalized spacial score (nSPS) is 42.0. The molecule has 0 saturated carbocycles. The lowest BCUT2D eigenvalue weighted by molar-refractivity contribution is 0.159. The van der Waals surface area contributed by atoms with Crippen LogP contribution in [0.25, 0.3) is 0 Å². The molecule has 1 aliphatic rings. The number of hydrogen-bond acceptors (Lipinski definition) is 3. The molecule has 1 unspecified atom stereocenters. The maximum absolute atomic E-state index is 9.14. The number of aliphatic hydroxyl groups is 1. The Balaban J connectivity index is 2.40. The summed E-state index contributed by atoms with van der Waals surface area (Å²) >= 11 is 0. The van der Waals surface area contributed by atoms with E-state index in [1.807, 2.05) is 6.92 Å². The maximum atomic E-state index is 9.14. The smallest absolute Gasteiger partial charge is 0.118 e. The fourth-order valence-electron chi connectivity index (χ4n) is 0.441. The molecule has 0 radical (unpaired) electrons. The van der Waals surface area contributed by atoms with E-state index in [2.05, 4.69) is 0 Å². The van der Waals surface area contributed by atoms with Crippen molar-refractivity contribution < 1.29 is 5.11 Å². The van der Waals surface area contributed by atoms with Gasteiger partial charge in [0.15, 0.2) is 0 Å². The van der Waals surface area contributed by atoms with Crippen molar-refractivity contribution in [3.8, 4) is 0 Å². The molecule has 0 bridgehead atoms. The van der Waals surface area contributed by atoms with Crippen LogP contribution in [0, 0.1) is 0 Å². The molecule has 1 rings (SSSR count). The van der Waals surface area contributed by atoms with E-state index < -0.39 is 4.93 Å². The van der Waals surface area contributed by atoms with Gasteiger partial charge in [0.1, 0.15) is 4.93 Å². The monoisotopic (exact) mass is 136 g/mol. The molecule has 1 N–H and O–H groups in total. The second-order valence-corrected chi connectivity index (χ2v) is 4.73. The molecule has 1 atom stereocenters. The van der Waals surface area contributed by atoms with Crippen molar-refractivity contribution in [1.29, 1.82) is 0 Å². The van der Waals surface area contributed by atoms with E-state index in [1.54, 1.807) is 21.6 Å². The Morgan fingerprint density at radius 3 is 2.57 bits per heavy atom. The lowest BCUT2D eigenvalue weighted by atomic mass is 10.3. The highest BCUT2D eigenvalue weighted by Gasteiger charge is 2.26. The summed E-state index contributed by atoms with van der Waals surface area (Å²) in [6.45, 7) is 1.86. The van der Waals surface area contributed by atoms with Crippen LogP contribution in [0.5, 0.6) is 0 Å². The van der Waals surface area contributed by atoms with Gasteiger partial charge < -0.3 is 5.11 Å². The molecule has 0 amide bonds. The molecule has 1 nitrogen and oxygen atoms in total. The molecular weight excluding hydrogens is 128 g/mol. The van der Waals surface area contributed by atoms with Gasteiger partial charge in [0.25, 0.3) is 0 Å². The summed E-state index contributed by atoms with van der Waals surface area (Å²) in [5.74, 6) is 1.09. The van der Waals surface area contributed by atoms with Crippen LogP contribution in [0.15, 0.2) is 0 Å². The van der Waals surface area contributed by atoms with E-state index in [0.717, 1.165) is 12.2 Å². The van der Waals surface area contributed by atoms with Gasteiger partial charge in [-0.05, 0) is 13.3 Å². The SMILES string of the molecule is CC1(O)CCSS1. The fraction of sp³-hybridized carbons (Fsp3) is 1.00. The van der Waals surface area contributed by atoms with Crippen LogP contribution in [0.1, 0.15) is 13.3 Å². The van der Waals surface area contributed by atoms with Crippen molar-refractivity contribution in [3.63, 3.8) is 0 Å². The van der Waals surface area contributed by atoms with E-state index in [0.29, 0.717) is 0 Å². The second kappa shape index (κ2) is 1.88. The molecule has 1 fully saturated rings. The van der Waals surface area contributed by atoms with Gasteiger partial charge >= 0.3 is 0 Å². The topological polar surface area (TPSA) is 20.2 Å². The fourth-order valence-corrected chi connectivity index (χ4v) is 3.09. The number of hydrogen-bond donors (Lipinski definition) is 1. The third kappa shape index (κ3) is 1.55. The van der Waals surface area contributed by atoms with Crippen LogP contribution in [-0.4, -0.2) is 15.8 Å². The zero-order valence-electron chi connectivity index (χ0n) is 4.18. The van der Waals surface area contributed by atoms with Crippen LogP contribution in [0.2, 0.25) is 0 Å². The summed E-state index contributed by atoms with van der Waals surface area (Å²) in [5.41, 5.74) is 0. The van der Waals surface area contributed by atoms with Crippen LogP contribution in [0.4, 0.5) is 0 Å². The lowest BCUT2D eigenvalue weighted by Crippen LogP contribution is -2.12. The van der Waals surface area contributed by atoms with E-state index >= 15 is 0 Å². The Labute approximate surface area is 51.3 Å². The van der Waals surface area contributed by atoms with Crippen molar-refractivity contribution in [1.82, 2.24) is 0 Å². The first-order chi connectivity index (χ1) is 3.21. The molecule has 7 heavy (non-hydrogen) atoms. The summed E-state index contributed by atoms with van der Waals surface area (Å²) in [5, 5.41) is 9.14. The minimum atomic E-state index is -0.426. The first kappa shape index (κ1) is 5.79. The van der Waals surface area contributed by atoms with Gasteiger partial charge in [-0.25, -0.2) is 0 Å². The van der Waals surface area contributed by atoms with Crippen molar-refractivity contribution in [2.24, 2.45) is 0 Å². The van der Waals surface area contributed by atoms with E-state index in [-0.39, 0.29) is 0 Å². The Morgan fingerprint density at radius 2 is 2.43 bits per heavy atom. The van der Waals surface area contributed by atoms with Crippen LogP contribution in [-0.2, 0) is 0 Å². The van der Waals surface area contributed by atoms with Gasteiger partial charge in [0.2, 0.25) is 0 Å². The average molecular weight is 136 g/mol. The van der Waals surface area contributed by atoms with Crippen molar-refractivity contribution in [3.05, 3.63) is 0 Å². The summed E-state index contributed by atoms with van der Waals surface area (Å²) in [6.07, 6.45) is 0.933. The van der Waals surface area contributed by atoms with Gasteiger partial charge in [-0.1, -0.05) is 21.6 Å². The van der Waals surface area contributed by atoms with Crippen LogP contribution < -0.4 is 0 Å². The molecule has 0 aromatic rings. The highest BCUT2D eigenvalue weighted by molar-refractivity contribution is 8.77. The average Bonchev–Trinajstić information content (AvgIpc) is 1.84. The zero-order valence-corrected chi connectivity index (χ0v) is 5.81. The molecular formula is C4H8OS2. The summed E-state index contributed by atoms with van der Waals surface area (Å²) in [6, 6.07) is 0. The Hall–Kier alpha value is 0.660. The van der Waals surface area contributed by atoms with Gasteiger partial charge in [-0.15, -0.1) is 0 Å². The molecule has 42 valence electrons. The standard InChI is InChI=1S/C4H8OS2/c1-4(5)2-3-6-7-4/h5H,2-3H2,1H3. The Bertz CT molecular complexity index is 64.1. The van der Waals surface area contributed by atoms with Crippen LogP contribution in [0.3, 0.4) is 0 Å². The largest absolute Gasteiger partial charge is 0.379 e. The van der Waals surface area contributed by atoms with Crippen LogP contribution >= 0.6 is 21.6 Å². The van der Waals surface area contributed by atoms with Crippen molar-refractivity contribution >= 4 is 21.6 Å². The predicted octanol–water partition coefficient (Wildman–Crippen LogP) is 1.48. The lowest BCUT2D eigenvalue weighted by Gasteiger charge is -2.10. The summed E-state index contributed by atoms with van der Waals surface area (Å²) in [7, 11) is 3.32. The van der Waals surface area contributed by atoms with Gasteiger partial charge in [-0.2, -0.15) is 0 Å². The molecule has 1 aliphatic heterocycles. The van der Waals surface area contributed by atoms with E-state index in [9.17, 15) is 0 Å². The highest BCUT2D eigenvalue weighted by atomic mass is 33.1. The first-order valence-corrected chi connectivity index (χ1v) is 4.56. The Kier molecular flexibility index (Phi) is 1.55. The second-order valence-electron chi connectivity index (χ2n) is 1.83. The van der Waals surface area contributed by atoms with Gasteiger partial charge in [-0.3, -0.25) is 0 Å². The Morgan fingerprint density at radius 1 is 1.71 bits per heavy atom. The third-order valence-corrected chi connectivity index (χ3v) is 3.87. The molecule has 1 heterocycles. The summed E-state index contributed by atoms with van der Waals surface area (Å²) in [4.78, 5) is -0.426. The number of rotatable bonds is 0. The molecule has 0 aromatic carbocycles. The molecule has 0 aliphatic carbocycles. The van der Waals surface area contributed by atoms with Crippen molar-refractivity contribution in [2.45, 2.75) is 18.3 Å². The van der Waals surface area contributed by atoms with Crippen molar-refractivity contribution in [2.75, 3.05) is 5.75 Å². The minimum absolute atomic E-state index is 0.426. The molecule has 0 aromatic heterocycles. The van der Waals surface area contributed by atoms with Gasteiger partial charge in [0, 0.05) is 5.75 Å². The molecule has 1 saturated heterocycles. The molecule has 0 spiro atoms. The van der Waals surface area contributed by atoms with E-state index in [4.69, 9.17) is 5.11 Å². The maximum Gasteiger partial charge on any atom is 0.118 e. The molecule has 3 heteroatoms. The summed E-state index contributed by atoms with van der Waals surface area (Å²) < 4.78 is 0. The van der Waals surface area contributed by atoms with E-state index in [1.165, 1.54) is 0 Å². The minimum Gasteiger partial charge on any atom is -0.379 e. The van der Waals surface area contributed by atoms with Gasteiger partial charge in [0.05, 0.1) is 0 Å². The quantitative estimate of drug-likeness (QED) is 0.509.